The van der Waals surface area contributed by atoms with Gasteiger partial charge in [-0.1, -0.05) is 6.07 Å². The monoisotopic (exact) mass is 314 g/mol. The van der Waals surface area contributed by atoms with Crippen molar-refractivity contribution in [3.63, 3.8) is 0 Å². The van der Waals surface area contributed by atoms with Gasteiger partial charge in [-0.3, -0.25) is 4.98 Å². The number of nitrogens with two attached hydrogens (primary N) is 1. The van der Waals surface area contributed by atoms with Crippen molar-refractivity contribution in [3.8, 4) is 5.75 Å². The Kier molecular flexibility index (Phi) is 4.49. The van der Waals surface area contributed by atoms with E-state index in [0.29, 0.717) is 6.42 Å². The van der Waals surface area contributed by atoms with Gasteiger partial charge in [0.2, 0.25) is 15.8 Å². The number of halogens is 2. The number of nitrogens with zero attached hydrogens (tertiary/aromatic N) is 1. The molecule has 0 unspecified atom stereocenters. The Hall–Kier alpha value is -2.06. The fourth-order valence-corrected chi connectivity index (χ4v) is 2.25. The maximum Gasteiger partial charge on any atom is 0.241 e. The molecular formula is C13H12F2N2O3S. The van der Waals surface area contributed by atoms with Crippen LogP contribution in [0.15, 0.2) is 41.4 Å². The average molecular weight is 314 g/mol. The summed E-state index contributed by atoms with van der Waals surface area (Å²) < 4.78 is 54.4. The average Bonchev–Trinajstić information content (AvgIpc) is 2.43. The van der Waals surface area contributed by atoms with Gasteiger partial charge in [-0.25, -0.2) is 17.9 Å². The molecule has 0 bridgehead atoms. The van der Waals surface area contributed by atoms with E-state index in [1.165, 1.54) is 0 Å². The van der Waals surface area contributed by atoms with Gasteiger partial charge in [0.05, 0.1) is 6.61 Å². The van der Waals surface area contributed by atoms with Crippen LogP contribution >= 0.6 is 0 Å². The van der Waals surface area contributed by atoms with E-state index < -0.39 is 26.6 Å². The summed E-state index contributed by atoms with van der Waals surface area (Å²) in [4.78, 5) is 3.15. The van der Waals surface area contributed by atoms with Crippen LogP contribution in [-0.2, 0) is 16.4 Å². The van der Waals surface area contributed by atoms with Gasteiger partial charge in [0.1, 0.15) is 4.90 Å². The first-order chi connectivity index (χ1) is 9.89. The van der Waals surface area contributed by atoms with Gasteiger partial charge in [0.25, 0.3) is 0 Å². The van der Waals surface area contributed by atoms with E-state index in [1.807, 2.05) is 0 Å². The second kappa shape index (κ2) is 6.15. The van der Waals surface area contributed by atoms with Gasteiger partial charge in [-0.05, 0) is 24.3 Å². The molecule has 2 aromatic rings. The Labute approximate surface area is 120 Å². The van der Waals surface area contributed by atoms with E-state index in [2.05, 4.69) is 4.98 Å². The van der Waals surface area contributed by atoms with Crippen molar-refractivity contribution in [2.24, 2.45) is 5.14 Å². The zero-order chi connectivity index (χ0) is 15.5. The van der Waals surface area contributed by atoms with Crippen LogP contribution in [0.4, 0.5) is 8.78 Å². The molecule has 2 N–H and O–H groups in total. The van der Waals surface area contributed by atoms with Crippen LogP contribution in [0.5, 0.6) is 5.75 Å². The molecule has 0 saturated carbocycles. The number of benzene rings is 1. The molecule has 0 amide bonds. The van der Waals surface area contributed by atoms with E-state index >= 15 is 0 Å². The summed E-state index contributed by atoms with van der Waals surface area (Å²) in [7, 11) is -4.32. The largest absolute Gasteiger partial charge is 0.490 e. The van der Waals surface area contributed by atoms with E-state index in [4.69, 9.17) is 9.88 Å². The molecule has 0 fully saturated rings. The number of hydrogen-bond acceptors (Lipinski definition) is 4. The van der Waals surface area contributed by atoms with Crippen LogP contribution in [0.1, 0.15) is 5.69 Å². The number of hydrogen-bond donors (Lipinski definition) is 1. The standard InChI is InChI=1S/C13H12F2N2O3S/c14-12-10(4-5-11(13(12)15)21(16,18)19)20-8-6-9-3-1-2-7-17-9/h1-5,7H,6,8H2,(H2,16,18,19). The molecule has 1 aromatic carbocycles. The van der Waals surface area contributed by atoms with Crippen LogP contribution < -0.4 is 9.88 Å². The van der Waals surface area contributed by atoms with Crippen molar-refractivity contribution < 1.29 is 21.9 Å². The zero-order valence-electron chi connectivity index (χ0n) is 10.8. The van der Waals surface area contributed by atoms with Crippen molar-refractivity contribution >= 4 is 10.0 Å². The lowest BCUT2D eigenvalue weighted by molar-refractivity contribution is 0.296. The van der Waals surface area contributed by atoms with Gasteiger partial charge in [-0.2, -0.15) is 4.39 Å². The number of sulfonamides is 1. The first kappa shape index (κ1) is 15.3. The summed E-state index contributed by atoms with van der Waals surface area (Å²) in [6.45, 7) is 0.0715. The molecule has 2 rings (SSSR count). The highest BCUT2D eigenvalue weighted by Crippen LogP contribution is 2.24. The van der Waals surface area contributed by atoms with Crippen LogP contribution in [0, 0.1) is 11.6 Å². The zero-order valence-corrected chi connectivity index (χ0v) is 11.6. The van der Waals surface area contributed by atoms with Gasteiger partial charge in [0.15, 0.2) is 11.6 Å². The second-order valence-corrected chi connectivity index (χ2v) is 5.68. The number of aromatic nitrogens is 1. The molecule has 0 aliphatic rings. The highest BCUT2D eigenvalue weighted by molar-refractivity contribution is 7.89. The van der Waals surface area contributed by atoms with E-state index in [1.54, 1.807) is 24.4 Å². The third-order valence-corrected chi connectivity index (χ3v) is 3.59. The summed E-state index contributed by atoms with van der Waals surface area (Å²) in [5.41, 5.74) is 0.736. The molecule has 0 spiro atoms. The summed E-state index contributed by atoms with van der Waals surface area (Å²) in [6, 6.07) is 7.21. The smallest absolute Gasteiger partial charge is 0.241 e. The number of pyridine rings is 1. The first-order valence-electron chi connectivity index (χ1n) is 5.93. The van der Waals surface area contributed by atoms with Crippen molar-refractivity contribution in [2.75, 3.05) is 6.61 Å². The minimum absolute atomic E-state index is 0.0715. The highest BCUT2D eigenvalue weighted by Gasteiger charge is 2.21. The van der Waals surface area contributed by atoms with E-state index in [-0.39, 0.29) is 12.4 Å². The van der Waals surface area contributed by atoms with E-state index in [9.17, 15) is 17.2 Å². The minimum Gasteiger partial charge on any atom is -0.490 e. The molecule has 0 aliphatic heterocycles. The fourth-order valence-electron chi connectivity index (χ4n) is 1.66. The van der Waals surface area contributed by atoms with Crippen LogP contribution in [0.2, 0.25) is 0 Å². The summed E-state index contributed by atoms with van der Waals surface area (Å²) in [6.07, 6.45) is 2.01. The maximum atomic E-state index is 13.7. The van der Waals surface area contributed by atoms with Crippen LogP contribution in [0.3, 0.4) is 0 Å². The molecule has 0 saturated heterocycles. The number of ether oxygens (including phenoxy) is 1. The predicted octanol–water partition coefficient (Wildman–Crippen LogP) is 1.63. The van der Waals surface area contributed by atoms with Gasteiger partial charge >= 0.3 is 0 Å². The summed E-state index contributed by atoms with van der Waals surface area (Å²) in [5, 5.41) is 4.77. The Morgan fingerprint density at radius 2 is 1.90 bits per heavy atom. The molecule has 1 heterocycles. The molecule has 112 valence electrons. The molecule has 5 nitrogen and oxygen atoms in total. The normalized spacial score (nSPS) is 11.4. The molecular weight excluding hydrogens is 302 g/mol. The molecule has 0 atom stereocenters. The Morgan fingerprint density at radius 1 is 1.14 bits per heavy atom. The SMILES string of the molecule is NS(=O)(=O)c1ccc(OCCc2ccccn2)c(F)c1F. The lowest BCUT2D eigenvalue weighted by Gasteiger charge is -2.09. The Balaban J connectivity index is 2.10. The second-order valence-electron chi connectivity index (χ2n) is 4.15. The first-order valence-corrected chi connectivity index (χ1v) is 7.47. The molecule has 8 heteroatoms. The van der Waals surface area contributed by atoms with Crippen molar-refractivity contribution in [2.45, 2.75) is 11.3 Å². The van der Waals surface area contributed by atoms with Crippen molar-refractivity contribution in [3.05, 3.63) is 53.9 Å². The van der Waals surface area contributed by atoms with Crippen molar-refractivity contribution in [1.29, 1.82) is 0 Å². The quantitative estimate of drug-likeness (QED) is 0.909. The van der Waals surface area contributed by atoms with Crippen LogP contribution in [0.25, 0.3) is 0 Å². The third kappa shape index (κ3) is 3.73. The maximum absolute atomic E-state index is 13.7. The number of primary sulfonamides is 1. The molecule has 21 heavy (non-hydrogen) atoms. The van der Waals surface area contributed by atoms with Crippen molar-refractivity contribution in [1.82, 2.24) is 4.98 Å². The van der Waals surface area contributed by atoms with Gasteiger partial charge in [-0.15, -0.1) is 0 Å². The van der Waals surface area contributed by atoms with Crippen LogP contribution in [-0.4, -0.2) is 20.0 Å². The Morgan fingerprint density at radius 3 is 2.52 bits per heavy atom. The summed E-state index contributed by atoms with van der Waals surface area (Å²) >= 11 is 0. The lowest BCUT2D eigenvalue weighted by Crippen LogP contribution is -2.15. The van der Waals surface area contributed by atoms with E-state index in [0.717, 1.165) is 17.8 Å². The third-order valence-electron chi connectivity index (χ3n) is 2.66. The lowest BCUT2D eigenvalue weighted by atomic mass is 10.3. The molecule has 0 aliphatic carbocycles. The number of rotatable bonds is 5. The molecule has 0 radical (unpaired) electrons. The predicted molar refractivity (Wildman–Crippen MR) is 71.2 cm³/mol. The van der Waals surface area contributed by atoms with Gasteiger partial charge < -0.3 is 4.74 Å². The highest BCUT2D eigenvalue weighted by atomic mass is 32.2. The topological polar surface area (TPSA) is 82.3 Å². The minimum atomic E-state index is -4.32. The molecule has 1 aromatic heterocycles. The fraction of sp³-hybridized carbons (Fsp3) is 0.154. The Bertz CT molecular complexity index is 737. The van der Waals surface area contributed by atoms with Gasteiger partial charge in [0, 0.05) is 18.3 Å². The summed E-state index contributed by atoms with van der Waals surface area (Å²) in [5.74, 6) is -3.31.